The molecule has 0 spiro atoms. The van der Waals surface area contributed by atoms with E-state index in [9.17, 15) is 14.7 Å². The van der Waals surface area contributed by atoms with Crippen LogP contribution in [0.1, 0.15) is 36.0 Å². The summed E-state index contributed by atoms with van der Waals surface area (Å²) in [6, 6.07) is 4.66. The number of carboxylic acid groups (broad SMARTS) is 1. The first-order chi connectivity index (χ1) is 9.61. The van der Waals surface area contributed by atoms with Gasteiger partial charge in [-0.2, -0.15) is 0 Å². The van der Waals surface area contributed by atoms with Gasteiger partial charge in [0, 0.05) is 0 Å². The molecule has 1 aromatic carbocycles. The second-order valence-corrected chi connectivity index (χ2v) is 5.19. The highest BCUT2D eigenvalue weighted by atomic mass is 16.5. The van der Waals surface area contributed by atoms with E-state index in [1.807, 2.05) is 0 Å². The predicted molar refractivity (Wildman–Crippen MR) is 72.1 cm³/mol. The molecule has 2 N–H and O–H groups in total. The van der Waals surface area contributed by atoms with Gasteiger partial charge in [-0.05, 0) is 37.3 Å². The summed E-state index contributed by atoms with van der Waals surface area (Å²) in [6.45, 7) is 0.369. The summed E-state index contributed by atoms with van der Waals surface area (Å²) < 4.78 is 5.59. The van der Waals surface area contributed by atoms with Crippen molar-refractivity contribution in [3.63, 3.8) is 0 Å². The average Bonchev–Trinajstić information content (AvgIpc) is 2.45. The van der Waals surface area contributed by atoms with Crippen molar-refractivity contribution in [2.45, 2.75) is 25.7 Å². The molecule has 2 atom stereocenters. The molecule has 0 saturated heterocycles. The predicted octanol–water partition coefficient (Wildman–Crippen LogP) is 2.47. The number of aliphatic carboxylic acids is 1. The summed E-state index contributed by atoms with van der Waals surface area (Å²) >= 11 is 0. The Morgan fingerprint density at radius 3 is 2.90 bits per heavy atom. The largest absolute Gasteiger partial charge is 0.507 e. The van der Waals surface area contributed by atoms with Gasteiger partial charge in [-0.25, -0.2) is 0 Å². The Kier molecular flexibility index (Phi) is 4.61. The molecular formula is C15H18O5. The minimum Gasteiger partial charge on any atom is -0.507 e. The number of aldehydes is 1. The monoisotopic (exact) mass is 278 g/mol. The molecule has 2 unspecified atom stereocenters. The van der Waals surface area contributed by atoms with Crippen LogP contribution in [0, 0.1) is 11.8 Å². The fraction of sp³-hybridized carbons (Fsp3) is 0.467. The molecule has 0 radical (unpaired) electrons. The van der Waals surface area contributed by atoms with E-state index in [1.165, 1.54) is 6.07 Å². The van der Waals surface area contributed by atoms with Crippen LogP contribution in [-0.2, 0) is 4.79 Å². The molecule has 1 fully saturated rings. The molecule has 2 rings (SSSR count). The van der Waals surface area contributed by atoms with E-state index >= 15 is 0 Å². The van der Waals surface area contributed by atoms with Gasteiger partial charge in [0.1, 0.15) is 11.5 Å². The summed E-state index contributed by atoms with van der Waals surface area (Å²) in [5, 5.41) is 18.6. The van der Waals surface area contributed by atoms with E-state index in [4.69, 9.17) is 9.84 Å². The van der Waals surface area contributed by atoms with Crippen LogP contribution in [0.25, 0.3) is 0 Å². The summed E-state index contributed by atoms with van der Waals surface area (Å²) in [5.74, 6) is -0.638. The number of phenolic OH excluding ortho intramolecular Hbond substituents is 1. The third kappa shape index (κ3) is 3.29. The molecule has 20 heavy (non-hydrogen) atoms. The van der Waals surface area contributed by atoms with Crippen LogP contribution in [0.15, 0.2) is 18.2 Å². The standard InChI is InChI=1S/C15H18O5/c16-8-12-13(17)5-2-6-14(12)20-9-10-3-1-4-11(7-10)15(18)19/h2,5-6,8,10-11,17H,1,3-4,7,9H2,(H,18,19). The first-order valence-electron chi connectivity index (χ1n) is 6.74. The van der Waals surface area contributed by atoms with Crippen LogP contribution < -0.4 is 4.74 Å². The maximum atomic E-state index is 11.0. The summed E-state index contributed by atoms with van der Waals surface area (Å²) in [4.78, 5) is 21.9. The van der Waals surface area contributed by atoms with Crippen molar-refractivity contribution in [2.24, 2.45) is 11.8 Å². The number of aromatic hydroxyl groups is 1. The van der Waals surface area contributed by atoms with Crippen LogP contribution in [-0.4, -0.2) is 29.1 Å². The van der Waals surface area contributed by atoms with Crippen molar-refractivity contribution in [1.82, 2.24) is 0 Å². The van der Waals surface area contributed by atoms with Gasteiger partial charge in [-0.3, -0.25) is 9.59 Å². The van der Waals surface area contributed by atoms with Gasteiger partial charge in [-0.1, -0.05) is 12.5 Å². The third-order valence-corrected chi connectivity index (χ3v) is 3.77. The topological polar surface area (TPSA) is 83.8 Å². The van der Waals surface area contributed by atoms with Crippen LogP contribution in [0.5, 0.6) is 11.5 Å². The lowest BCUT2D eigenvalue weighted by molar-refractivity contribution is -0.143. The first kappa shape index (κ1) is 14.4. The van der Waals surface area contributed by atoms with Crippen LogP contribution in [0.4, 0.5) is 0 Å². The molecule has 0 aromatic heterocycles. The van der Waals surface area contributed by atoms with Gasteiger partial charge in [0.15, 0.2) is 6.29 Å². The Labute approximate surface area is 117 Å². The zero-order valence-electron chi connectivity index (χ0n) is 11.1. The van der Waals surface area contributed by atoms with E-state index in [-0.39, 0.29) is 23.1 Å². The fourth-order valence-corrected chi connectivity index (χ4v) is 2.65. The zero-order chi connectivity index (χ0) is 14.5. The Balaban J connectivity index is 1.97. The SMILES string of the molecule is O=Cc1c(O)cccc1OCC1CCCC(C(=O)O)C1. The molecular weight excluding hydrogens is 260 g/mol. The lowest BCUT2D eigenvalue weighted by Gasteiger charge is -2.26. The van der Waals surface area contributed by atoms with Crippen LogP contribution in [0.2, 0.25) is 0 Å². The molecule has 5 heteroatoms. The number of ether oxygens (including phenoxy) is 1. The van der Waals surface area contributed by atoms with Gasteiger partial charge in [0.05, 0.1) is 18.1 Å². The van der Waals surface area contributed by atoms with Crippen molar-refractivity contribution in [1.29, 1.82) is 0 Å². The molecule has 108 valence electrons. The number of carbonyl (C=O) groups is 2. The van der Waals surface area contributed by atoms with E-state index in [2.05, 4.69) is 0 Å². The molecule has 0 aliphatic heterocycles. The number of rotatable bonds is 5. The third-order valence-electron chi connectivity index (χ3n) is 3.77. The van der Waals surface area contributed by atoms with Crippen molar-refractivity contribution in [2.75, 3.05) is 6.61 Å². The van der Waals surface area contributed by atoms with E-state index in [0.29, 0.717) is 25.1 Å². The van der Waals surface area contributed by atoms with Crippen LogP contribution in [0.3, 0.4) is 0 Å². The lowest BCUT2D eigenvalue weighted by atomic mass is 9.82. The molecule has 1 aliphatic carbocycles. The lowest BCUT2D eigenvalue weighted by Crippen LogP contribution is -2.26. The Hall–Kier alpha value is -2.04. The van der Waals surface area contributed by atoms with Gasteiger partial charge in [0.2, 0.25) is 0 Å². The number of carbonyl (C=O) groups excluding carboxylic acids is 1. The molecule has 0 amide bonds. The van der Waals surface area contributed by atoms with Gasteiger partial charge in [-0.15, -0.1) is 0 Å². The van der Waals surface area contributed by atoms with E-state index < -0.39 is 5.97 Å². The maximum Gasteiger partial charge on any atom is 0.306 e. The average molecular weight is 278 g/mol. The van der Waals surface area contributed by atoms with Gasteiger partial charge in [0.25, 0.3) is 0 Å². The summed E-state index contributed by atoms with van der Waals surface area (Å²) in [5.41, 5.74) is 0.137. The van der Waals surface area contributed by atoms with Crippen molar-refractivity contribution < 1.29 is 24.5 Å². The molecule has 1 aromatic rings. The number of phenols is 1. The smallest absolute Gasteiger partial charge is 0.306 e. The molecule has 5 nitrogen and oxygen atoms in total. The molecule has 0 bridgehead atoms. The number of carboxylic acids is 1. The number of benzene rings is 1. The van der Waals surface area contributed by atoms with Gasteiger partial charge >= 0.3 is 5.97 Å². The number of hydrogen-bond donors (Lipinski definition) is 2. The second-order valence-electron chi connectivity index (χ2n) is 5.19. The fourth-order valence-electron chi connectivity index (χ4n) is 2.65. The molecule has 1 aliphatic rings. The molecule has 1 saturated carbocycles. The maximum absolute atomic E-state index is 11.0. The van der Waals surface area contributed by atoms with E-state index in [0.717, 1.165) is 19.3 Å². The Morgan fingerprint density at radius 2 is 2.20 bits per heavy atom. The highest BCUT2D eigenvalue weighted by molar-refractivity contribution is 5.83. The highest BCUT2D eigenvalue weighted by Gasteiger charge is 2.27. The minimum absolute atomic E-state index is 0.107. The highest BCUT2D eigenvalue weighted by Crippen LogP contribution is 2.31. The minimum atomic E-state index is -0.749. The van der Waals surface area contributed by atoms with Crippen LogP contribution >= 0.6 is 0 Å². The Morgan fingerprint density at radius 1 is 1.40 bits per heavy atom. The number of hydrogen-bond acceptors (Lipinski definition) is 4. The Bertz CT molecular complexity index is 497. The van der Waals surface area contributed by atoms with Crippen molar-refractivity contribution in [3.05, 3.63) is 23.8 Å². The first-order valence-corrected chi connectivity index (χ1v) is 6.74. The van der Waals surface area contributed by atoms with Crippen molar-refractivity contribution in [3.8, 4) is 11.5 Å². The summed E-state index contributed by atoms with van der Waals surface area (Å²) in [7, 11) is 0. The molecule has 0 heterocycles. The van der Waals surface area contributed by atoms with Gasteiger partial charge < -0.3 is 14.9 Å². The second kappa shape index (κ2) is 6.41. The normalized spacial score (nSPS) is 22.2. The summed E-state index contributed by atoms with van der Waals surface area (Å²) in [6.07, 6.45) is 3.69. The quantitative estimate of drug-likeness (QED) is 0.808. The van der Waals surface area contributed by atoms with E-state index in [1.54, 1.807) is 12.1 Å². The van der Waals surface area contributed by atoms with Crippen molar-refractivity contribution >= 4 is 12.3 Å². The zero-order valence-corrected chi connectivity index (χ0v) is 11.1.